The van der Waals surface area contributed by atoms with Gasteiger partial charge in [-0.1, -0.05) is 59.6 Å². The van der Waals surface area contributed by atoms with Crippen molar-refractivity contribution in [2.45, 2.75) is 90.3 Å². The van der Waals surface area contributed by atoms with Crippen LogP contribution in [0.4, 0.5) is 5.13 Å². The number of hydrogen-bond acceptors (Lipinski definition) is 8. The Bertz CT molecular complexity index is 1430. The van der Waals surface area contributed by atoms with Gasteiger partial charge in [-0.3, -0.25) is 0 Å². The van der Waals surface area contributed by atoms with Crippen molar-refractivity contribution in [3.8, 4) is 0 Å². The van der Waals surface area contributed by atoms with Crippen LogP contribution in [0.1, 0.15) is 99.0 Å². The molecule has 40 heavy (non-hydrogen) atoms. The average Bonchev–Trinajstić information content (AvgIpc) is 3.58. The number of aromatic nitrogens is 2. The molecule has 2 heterocycles. The summed E-state index contributed by atoms with van der Waals surface area (Å²) in [5.74, 6) is 1.08. The minimum atomic E-state index is -0.309. The smallest absolute Gasteiger partial charge is 0.338 e. The SMILES string of the molecule is CCOC(=O)c1ccc2nc(NC(CC)CC(CC)NCc3c(C4=C(Cl)CCC=C4Cl)noc3C3CC3)sc2c1. The van der Waals surface area contributed by atoms with Crippen LogP contribution >= 0.6 is 34.5 Å². The molecule has 1 fully saturated rings. The van der Waals surface area contributed by atoms with E-state index in [0.29, 0.717) is 29.7 Å². The Kier molecular flexibility index (Phi) is 9.51. The fourth-order valence-corrected chi connectivity index (χ4v) is 6.74. The number of benzene rings is 1. The molecule has 2 N–H and O–H groups in total. The molecule has 2 aliphatic carbocycles. The predicted octanol–water partition coefficient (Wildman–Crippen LogP) is 8.35. The number of ether oxygens (including phenoxy) is 1. The molecule has 2 unspecified atom stereocenters. The van der Waals surface area contributed by atoms with Crippen molar-refractivity contribution in [3.63, 3.8) is 0 Å². The van der Waals surface area contributed by atoms with Crippen LogP contribution in [0.5, 0.6) is 0 Å². The summed E-state index contributed by atoms with van der Waals surface area (Å²) in [6.07, 6.45) is 8.73. The van der Waals surface area contributed by atoms with Gasteiger partial charge in [-0.2, -0.15) is 0 Å². The highest BCUT2D eigenvalue weighted by atomic mass is 35.5. The van der Waals surface area contributed by atoms with Gasteiger partial charge in [0.05, 0.1) is 22.4 Å². The summed E-state index contributed by atoms with van der Waals surface area (Å²) in [4.78, 5) is 16.9. The van der Waals surface area contributed by atoms with E-state index in [0.717, 1.165) is 87.9 Å². The molecule has 10 heteroatoms. The number of halogens is 2. The zero-order valence-electron chi connectivity index (χ0n) is 23.2. The number of esters is 1. The number of nitrogens with one attached hydrogen (secondary N) is 2. The number of rotatable bonds is 13. The van der Waals surface area contributed by atoms with E-state index in [1.807, 2.05) is 25.1 Å². The summed E-state index contributed by atoms with van der Waals surface area (Å²) in [5.41, 5.74) is 4.08. The number of fused-ring (bicyclic) bond motifs is 1. The Morgan fingerprint density at radius 1 is 1.20 bits per heavy atom. The van der Waals surface area contributed by atoms with Crippen molar-refractivity contribution in [1.29, 1.82) is 0 Å². The van der Waals surface area contributed by atoms with Gasteiger partial charge in [-0.25, -0.2) is 9.78 Å². The van der Waals surface area contributed by atoms with Crippen molar-refractivity contribution in [2.24, 2.45) is 0 Å². The van der Waals surface area contributed by atoms with E-state index in [9.17, 15) is 4.79 Å². The van der Waals surface area contributed by atoms with Crippen molar-refractivity contribution in [2.75, 3.05) is 11.9 Å². The maximum Gasteiger partial charge on any atom is 0.338 e. The Morgan fingerprint density at radius 2 is 2.00 bits per heavy atom. The van der Waals surface area contributed by atoms with Crippen molar-refractivity contribution >= 4 is 61.4 Å². The lowest BCUT2D eigenvalue weighted by Gasteiger charge is -2.24. The highest BCUT2D eigenvalue weighted by Gasteiger charge is 2.34. The largest absolute Gasteiger partial charge is 0.462 e. The second-order valence-electron chi connectivity index (χ2n) is 10.4. The summed E-state index contributed by atoms with van der Waals surface area (Å²) in [5, 5.41) is 14.1. The van der Waals surface area contributed by atoms with Gasteiger partial charge in [0.25, 0.3) is 0 Å². The van der Waals surface area contributed by atoms with Crippen molar-refractivity contribution in [3.05, 3.63) is 56.9 Å². The van der Waals surface area contributed by atoms with Gasteiger partial charge in [0.1, 0.15) is 11.5 Å². The number of nitrogens with zero attached hydrogens (tertiary/aromatic N) is 2. The number of thiazole rings is 1. The Balaban J connectivity index is 1.27. The number of allylic oxidation sites excluding steroid dienone is 4. The molecule has 2 aromatic heterocycles. The van der Waals surface area contributed by atoms with Gasteiger partial charge < -0.3 is 19.9 Å². The summed E-state index contributed by atoms with van der Waals surface area (Å²) in [7, 11) is 0. The van der Waals surface area contributed by atoms with Gasteiger partial charge in [0.15, 0.2) is 5.13 Å². The second-order valence-corrected chi connectivity index (χ2v) is 12.3. The maximum atomic E-state index is 12.1. The van der Waals surface area contributed by atoms with Crippen LogP contribution in [0, 0.1) is 0 Å². The van der Waals surface area contributed by atoms with Gasteiger partial charge in [0.2, 0.25) is 0 Å². The molecule has 0 radical (unpaired) electrons. The normalized spacial score (nSPS) is 17.2. The maximum absolute atomic E-state index is 12.1. The zero-order valence-corrected chi connectivity index (χ0v) is 25.5. The quantitative estimate of drug-likeness (QED) is 0.190. The lowest BCUT2D eigenvalue weighted by Crippen LogP contribution is -2.34. The van der Waals surface area contributed by atoms with Gasteiger partial charge >= 0.3 is 5.97 Å². The number of carbonyl (C=O) groups is 1. The molecular formula is C30H36Cl2N4O3S. The minimum absolute atomic E-state index is 0.236. The summed E-state index contributed by atoms with van der Waals surface area (Å²) in [6.45, 7) is 7.20. The molecule has 1 aromatic carbocycles. The Labute approximate surface area is 249 Å². The predicted molar refractivity (Wildman–Crippen MR) is 163 cm³/mol. The van der Waals surface area contributed by atoms with Crippen LogP contribution in [0.25, 0.3) is 15.8 Å². The Hall–Kier alpha value is -2.39. The van der Waals surface area contributed by atoms with Gasteiger partial charge in [-0.05, 0) is 70.1 Å². The van der Waals surface area contributed by atoms with Crippen LogP contribution < -0.4 is 10.6 Å². The molecular weight excluding hydrogens is 567 g/mol. The topological polar surface area (TPSA) is 89.3 Å². The first-order chi connectivity index (χ1) is 19.4. The second kappa shape index (κ2) is 13.1. The molecule has 2 atom stereocenters. The summed E-state index contributed by atoms with van der Waals surface area (Å²) >= 11 is 14.8. The fourth-order valence-electron chi connectivity index (χ4n) is 5.09. The first-order valence-electron chi connectivity index (χ1n) is 14.2. The van der Waals surface area contributed by atoms with Crippen LogP contribution in [-0.2, 0) is 11.3 Å². The first kappa shape index (κ1) is 29.1. The van der Waals surface area contributed by atoms with E-state index in [4.69, 9.17) is 37.4 Å². The fraction of sp³-hybridized carbons (Fsp3) is 0.500. The van der Waals surface area contributed by atoms with E-state index in [-0.39, 0.29) is 18.1 Å². The van der Waals surface area contributed by atoms with Crippen LogP contribution in [0.15, 0.2) is 38.9 Å². The van der Waals surface area contributed by atoms with Crippen LogP contribution in [0.2, 0.25) is 0 Å². The van der Waals surface area contributed by atoms with Crippen molar-refractivity contribution in [1.82, 2.24) is 15.5 Å². The molecule has 0 aliphatic heterocycles. The molecule has 0 spiro atoms. The third kappa shape index (κ3) is 6.56. The van der Waals surface area contributed by atoms with E-state index in [1.54, 1.807) is 17.4 Å². The summed E-state index contributed by atoms with van der Waals surface area (Å²) in [6, 6.07) is 6.02. The third-order valence-corrected chi connectivity index (χ3v) is 9.22. The van der Waals surface area contributed by atoms with Gasteiger partial charge in [-0.15, -0.1) is 0 Å². The van der Waals surface area contributed by atoms with Crippen molar-refractivity contribution < 1.29 is 14.1 Å². The van der Waals surface area contributed by atoms with E-state index in [2.05, 4.69) is 29.6 Å². The first-order valence-corrected chi connectivity index (χ1v) is 15.8. The molecule has 0 saturated heterocycles. The van der Waals surface area contributed by atoms with E-state index >= 15 is 0 Å². The lowest BCUT2D eigenvalue weighted by atomic mass is 9.98. The minimum Gasteiger partial charge on any atom is -0.462 e. The number of hydrogen-bond donors (Lipinski definition) is 2. The number of carbonyl (C=O) groups excluding carboxylic acids is 1. The number of anilines is 1. The Morgan fingerprint density at radius 3 is 2.70 bits per heavy atom. The molecule has 7 nitrogen and oxygen atoms in total. The zero-order chi connectivity index (χ0) is 28.2. The highest BCUT2D eigenvalue weighted by molar-refractivity contribution is 7.22. The molecule has 5 rings (SSSR count). The lowest BCUT2D eigenvalue weighted by molar-refractivity contribution is 0.0526. The van der Waals surface area contributed by atoms with E-state index < -0.39 is 0 Å². The average molecular weight is 604 g/mol. The molecule has 0 amide bonds. The highest BCUT2D eigenvalue weighted by Crippen LogP contribution is 2.46. The van der Waals surface area contributed by atoms with Crippen LogP contribution in [0.3, 0.4) is 0 Å². The molecule has 1 saturated carbocycles. The summed E-state index contributed by atoms with van der Waals surface area (Å²) < 4.78 is 12.0. The third-order valence-electron chi connectivity index (χ3n) is 7.55. The standard InChI is InChI=1S/C30H36Cl2N4O3S/c1-4-19(15-20(5-2)34-30-35-24-13-12-18(14-25(24)40-30)29(37)38-6-3)33-16-21-27(36-39-28(21)17-10-11-17)26-22(31)8-7-9-23(26)32/h8,12-14,17,19-20,33H,4-7,9-11,15-16H2,1-3H3,(H,34,35). The van der Waals surface area contributed by atoms with Crippen LogP contribution in [-0.4, -0.2) is 34.8 Å². The molecule has 2 aliphatic rings. The molecule has 214 valence electrons. The monoisotopic (exact) mass is 602 g/mol. The molecule has 3 aromatic rings. The van der Waals surface area contributed by atoms with E-state index in [1.165, 1.54) is 0 Å². The van der Waals surface area contributed by atoms with Gasteiger partial charge in [0, 0.05) is 45.7 Å². The molecule has 0 bridgehead atoms.